The predicted octanol–water partition coefficient (Wildman–Crippen LogP) is 5.83. The van der Waals surface area contributed by atoms with Gasteiger partial charge in [-0.3, -0.25) is 9.59 Å². The maximum Gasteiger partial charge on any atom is 0.323 e. The van der Waals surface area contributed by atoms with Gasteiger partial charge in [-0.25, -0.2) is 0 Å². The van der Waals surface area contributed by atoms with Gasteiger partial charge in [0.1, 0.15) is 17.9 Å². The van der Waals surface area contributed by atoms with Crippen molar-refractivity contribution in [2.24, 2.45) is 0 Å². The first-order valence-corrected chi connectivity index (χ1v) is 13.1. The topological polar surface area (TPSA) is 66.8 Å². The van der Waals surface area contributed by atoms with E-state index in [2.05, 4.69) is 45.0 Å². The molecular formula is C32H37NO4. The summed E-state index contributed by atoms with van der Waals surface area (Å²) in [6, 6.07) is 24.7. The van der Waals surface area contributed by atoms with Crippen LogP contribution in [0, 0.1) is 0 Å². The summed E-state index contributed by atoms with van der Waals surface area (Å²) >= 11 is 0. The number of rotatable bonds is 11. The van der Waals surface area contributed by atoms with Crippen molar-refractivity contribution < 1.29 is 19.4 Å². The number of carboxylic acid groups (broad SMARTS) is 1. The molecule has 0 radical (unpaired) electrons. The van der Waals surface area contributed by atoms with Crippen molar-refractivity contribution in [3.8, 4) is 5.75 Å². The quantitative estimate of drug-likeness (QED) is 0.360. The fourth-order valence-corrected chi connectivity index (χ4v) is 5.10. The van der Waals surface area contributed by atoms with Crippen LogP contribution in [0.2, 0.25) is 0 Å². The fraction of sp³-hybridized carbons (Fsp3) is 0.375. The van der Waals surface area contributed by atoms with Crippen molar-refractivity contribution in [3.63, 3.8) is 0 Å². The zero-order valence-corrected chi connectivity index (χ0v) is 22.1. The van der Waals surface area contributed by atoms with Crippen molar-refractivity contribution in [3.05, 3.63) is 101 Å². The molecule has 1 N–H and O–H groups in total. The normalized spacial score (nSPS) is 16.3. The summed E-state index contributed by atoms with van der Waals surface area (Å²) in [4.78, 5) is 25.9. The van der Waals surface area contributed by atoms with Gasteiger partial charge < -0.3 is 14.7 Å². The molecule has 1 aliphatic heterocycles. The summed E-state index contributed by atoms with van der Waals surface area (Å²) < 4.78 is 6.36. The summed E-state index contributed by atoms with van der Waals surface area (Å²) in [6.45, 7) is 6.66. The third-order valence-corrected chi connectivity index (χ3v) is 7.04. The van der Waals surface area contributed by atoms with E-state index in [0.29, 0.717) is 12.5 Å². The number of aryl methyl sites for hydroxylation is 1. The lowest BCUT2D eigenvalue weighted by Gasteiger charge is -2.24. The van der Waals surface area contributed by atoms with E-state index in [1.807, 2.05) is 48.5 Å². The molecule has 5 heteroatoms. The number of hydrogen-bond donors (Lipinski definition) is 1. The van der Waals surface area contributed by atoms with Gasteiger partial charge in [-0.1, -0.05) is 80.6 Å². The van der Waals surface area contributed by atoms with Crippen LogP contribution >= 0.6 is 0 Å². The lowest BCUT2D eigenvalue weighted by atomic mass is 9.90. The summed E-state index contributed by atoms with van der Waals surface area (Å²) in [5, 5.41) is 9.35. The smallest absolute Gasteiger partial charge is 0.323 e. The molecule has 3 aromatic rings. The molecule has 1 atom stereocenters. The van der Waals surface area contributed by atoms with Gasteiger partial charge in [0.05, 0.1) is 6.42 Å². The molecule has 0 saturated heterocycles. The highest BCUT2D eigenvalue weighted by Crippen LogP contribution is 2.37. The Hall–Kier alpha value is -3.60. The molecule has 0 saturated carbocycles. The summed E-state index contributed by atoms with van der Waals surface area (Å²) in [5.74, 6) is 0.214. The van der Waals surface area contributed by atoms with Gasteiger partial charge >= 0.3 is 5.97 Å². The van der Waals surface area contributed by atoms with Gasteiger partial charge in [-0.05, 0) is 59.6 Å². The maximum atomic E-state index is 13.1. The molecule has 3 aromatic carbocycles. The Bertz CT molecular complexity index is 1220. The molecule has 0 aliphatic carbocycles. The number of carbonyl (C=O) groups is 2. The highest BCUT2D eigenvalue weighted by molar-refractivity contribution is 5.83. The molecule has 1 heterocycles. The van der Waals surface area contributed by atoms with Crippen LogP contribution in [0.4, 0.5) is 0 Å². The molecule has 4 rings (SSSR count). The zero-order chi connectivity index (χ0) is 26.4. The molecule has 5 nitrogen and oxygen atoms in total. The third kappa shape index (κ3) is 7.22. The Morgan fingerprint density at radius 3 is 2.35 bits per heavy atom. The van der Waals surface area contributed by atoms with Crippen molar-refractivity contribution >= 4 is 11.9 Å². The molecule has 0 fully saturated rings. The number of ether oxygens (including phenoxy) is 1. The second-order valence-electron chi connectivity index (χ2n) is 10.7. The van der Waals surface area contributed by atoms with E-state index in [1.165, 1.54) is 21.6 Å². The maximum absolute atomic E-state index is 13.1. The monoisotopic (exact) mass is 499 g/mol. The first kappa shape index (κ1) is 26.5. The Balaban J connectivity index is 1.37. The molecule has 0 unspecified atom stereocenters. The summed E-state index contributed by atoms with van der Waals surface area (Å²) in [7, 11) is 0. The van der Waals surface area contributed by atoms with E-state index < -0.39 is 5.97 Å². The van der Waals surface area contributed by atoms with Gasteiger partial charge in [0.15, 0.2) is 0 Å². The zero-order valence-electron chi connectivity index (χ0n) is 22.1. The van der Waals surface area contributed by atoms with Gasteiger partial charge in [-0.15, -0.1) is 0 Å². The second kappa shape index (κ2) is 11.6. The standard InChI is InChI=1S/C32H37NO4/c1-23(2)27-14-11-25(12-15-27)20-32(3)21-28-18-26(13-16-29(28)37-32)19-30(34)33(22-31(35)36)17-7-10-24-8-5-4-6-9-24/h4-6,8-9,11-16,18,23H,7,10,17,19-22H2,1-3H3,(H,35,36)/t32-/m1/s1. The number of aliphatic carboxylic acids is 1. The van der Waals surface area contributed by atoms with Crippen molar-refractivity contribution in [1.29, 1.82) is 0 Å². The minimum absolute atomic E-state index is 0.165. The fourth-order valence-electron chi connectivity index (χ4n) is 5.10. The molecule has 1 aliphatic rings. The highest BCUT2D eigenvalue weighted by atomic mass is 16.5. The number of fused-ring (bicyclic) bond motifs is 1. The van der Waals surface area contributed by atoms with E-state index >= 15 is 0 Å². The number of benzene rings is 3. The highest BCUT2D eigenvalue weighted by Gasteiger charge is 2.35. The Morgan fingerprint density at radius 1 is 0.973 bits per heavy atom. The van der Waals surface area contributed by atoms with Crippen LogP contribution in [0.25, 0.3) is 0 Å². The number of nitrogens with zero attached hydrogens (tertiary/aromatic N) is 1. The van der Waals surface area contributed by atoms with Gasteiger partial charge in [0.25, 0.3) is 0 Å². The average Bonchev–Trinajstić information content (AvgIpc) is 3.19. The van der Waals surface area contributed by atoms with Gasteiger partial charge in [-0.2, -0.15) is 0 Å². The van der Waals surface area contributed by atoms with Crippen LogP contribution < -0.4 is 4.74 Å². The molecular weight excluding hydrogens is 462 g/mol. The van der Waals surface area contributed by atoms with E-state index in [1.54, 1.807) is 0 Å². The van der Waals surface area contributed by atoms with Crippen LogP contribution in [-0.4, -0.2) is 40.6 Å². The first-order chi connectivity index (χ1) is 17.7. The number of amides is 1. The Labute approximate surface area is 220 Å². The lowest BCUT2D eigenvalue weighted by Crippen LogP contribution is -2.37. The first-order valence-electron chi connectivity index (χ1n) is 13.1. The minimum atomic E-state index is -0.993. The lowest BCUT2D eigenvalue weighted by molar-refractivity contribution is -0.144. The van der Waals surface area contributed by atoms with Crippen molar-refractivity contribution in [2.45, 2.75) is 64.4 Å². The van der Waals surface area contributed by atoms with Crippen LogP contribution in [0.5, 0.6) is 5.75 Å². The van der Waals surface area contributed by atoms with Gasteiger partial charge in [0.2, 0.25) is 5.91 Å². The summed E-state index contributed by atoms with van der Waals surface area (Å²) in [5.41, 5.74) is 5.40. The number of carbonyl (C=O) groups excluding carboxylic acids is 1. The van der Waals surface area contributed by atoms with Crippen molar-refractivity contribution in [2.75, 3.05) is 13.1 Å². The van der Waals surface area contributed by atoms with Crippen LogP contribution in [-0.2, 0) is 35.3 Å². The Kier molecular flexibility index (Phi) is 8.32. The van der Waals surface area contributed by atoms with E-state index in [4.69, 9.17) is 4.74 Å². The van der Waals surface area contributed by atoms with E-state index in [9.17, 15) is 14.7 Å². The molecule has 0 bridgehead atoms. The summed E-state index contributed by atoms with van der Waals surface area (Å²) in [6.07, 6.45) is 3.28. The predicted molar refractivity (Wildman–Crippen MR) is 146 cm³/mol. The third-order valence-electron chi connectivity index (χ3n) is 7.04. The molecule has 37 heavy (non-hydrogen) atoms. The molecule has 1 amide bonds. The van der Waals surface area contributed by atoms with E-state index in [-0.39, 0.29) is 24.5 Å². The largest absolute Gasteiger partial charge is 0.487 e. The average molecular weight is 500 g/mol. The SMILES string of the molecule is CC(C)c1ccc(C[C@]2(C)Cc3cc(CC(=O)N(CCCc4ccccc4)CC(=O)O)ccc3O2)cc1. The number of hydrogen-bond acceptors (Lipinski definition) is 3. The Morgan fingerprint density at radius 2 is 1.68 bits per heavy atom. The minimum Gasteiger partial charge on any atom is -0.487 e. The molecule has 0 spiro atoms. The van der Waals surface area contributed by atoms with Crippen LogP contribution in [0.1, 0.15) is 60.9 Å². The van der Waals surface area contributed by atoms with Crippen molar-refractivity contribution in [1.82, 2.24) is 4.90 Å². The van der Waals surface area contributed by atoms with Crippen LogP contribution in [0.15, 0.2) is 72.8 Å². The molecule has 194 valence electrons. The number of carboxylic acids is 1. The van der Waals surface area contributed by atoms with Crippen LogP contribution in [0.3, 0.4) is 0 Å². The molecule has 0 aromatic heterocycles. The second-order valence-corrected chi connectivity index (χ2v) is 10.7. The van der Waals surface area contributed by atoms with Gasteiger partial charge in [0, 0.05) is 19.4 Å². The van der Waals surface area contributed by atoms with E-state index in [0.717, 1.165) is 42.6 Å².